The molecular formula is C18H20FNO5. The van der Waals surface area contributed by atoms with Gasteiger partial charge in [-0.3, -0.25) is 4.90 Å². The van der Waals surface area contributed by atoms with Gasteiger partial charge in [-0.1, -0.05) is 0 Å². The van der Waals surface area contributed by atoms with Crippen LogP contribution in [-0.2, 0) is 29.2 Å². The average molecular weight is 349 g/mol. The maximum atomic E-state index is 13.8. The van der Waals surface area contributed by atoms with Gasteiger partial charge in [-0.05, 0) is 32.2 Å². The van der Waals surface area contributed by atoms with Crippen molar-refractivity contribution in [2.75, 3.05) is 21.0 Å². The first-order valence-corrected chi connectivity index (χ1v) is 7.86. The van der Waals surface area contributed by atoms with Crippen LogP contribution < -0.4 is 4.74 Å². The van der Waals surface area contributed by atoms with E-state index in [0.717, 1.165) is 5.56 Å². The number of nitrogens with zero attached hydrogens (tertiary/aromatic N) is 1. The zero-order valence-electron chi connectivity index (χ0n) is 14.4. The highest BCUT2D eigenvalue weighted by Crippen LogP contribution is 2.30. The van der Waals surface area contributed by atoms with E-state index in [1.54, 1.807) is 13.0 Å². The van der Waals surface area contributed by atoms with Crippen molar-refractivity contribution >= 4 is 5.97 Å². The van der Waals surface area contributed by atoms with Gasteiger partial charge in [-0.25, -0.2) is 9.18 Å². The molecule has 0 unspecified atom stereocenters. The number of carbonyl (C=O) groups excluding carboxylic acids is 1. The van der Waals surface area contributed by atoms with Crippen LogP contribution in [0.1, 0.15) is 33.0 Å². The van der Waals surface area contributed by atoms with Crippen LogP contribution >= 0.6 is 0 Å². The Balaban J connectivity index is 1.74. The quantitative estimate of drug-likeness (QED) is 0.774. The number of rotatable bonds is 5. The molecule has 1 aromatic carbocycles. The largest absolute Gasteiger partial charge is 0.467 e. The lowest BCUT2D eigenvalue weighted by Gasteiger charge is -2.23. The summed E-state index contributed by atoms with van der Waals surface area (Å²) in [6.07, 6.45) is 0. The first-order chi connectivity index (χ1) is 12.0. The van der Waals surface area contributed by atoms with E-state index < -0.39 is 5.97 Å². The molecule has 1 aliphatic heterocycles. The van der Waals surface area contributed by atoms with Crippen LogP contribution in [0.4, 0.5) is 4.39 Å². The maximum absolute atomic E-state index is 13.8. The maximum Gasteiger partial charge on any atom is 0.341 e. The summed E-state index contributed by atoms with van der Waals surface area (Å²) in [5.74, 6) is 1.07. The molecule has 0 amide bonds. The molecule has 6 nitrogen and oxygen atoms in total. The minimum Gasteiger partial charge on any atom is -0.467 e. The predicted octanol–water partition coefficient (Wildman–Crippen LogP) is 3.01. The van der Waals surface area contributed by atoms with Gasteiger partial charge in [-0.2, -0.15) is 0 Å². The number of fused-ring (bicyclic) bond motifs is 1. The molecule has 0 aliphatic carbocycles. The van der Waals surface area contributed by atoms with Crippen molar-refractivity contribution in [1.29, 1.82) is 0 Å². The second kappa shape index (κ2) is 7.25. The van der Waals surface area contributed by atoms with Crippen LogP contribution in [0.5, 0.6) is 5.75 Å². The Morgan fingerprint density at radius 3 is 2.88 bits per heavy atom. The highest BCUT2D eigenvalue weighted by Gasteiger charge is 2.20. The lowest BCUT2D eigenvalue weighted by atomic mass is 10.1. The molecular weight excluding hydrogens is 329 g/mol. The fourth-order valence-electron chi connectivity index (χ4n) is 2.92. The molecule has 0 saturated heterocycles. The van der Waals surface area contributed by atoms with Gasteiger partial charge in [0.05, 0.1) is 20.3 Å². The average Bonchev–Trinajstić information content (AvgIpc) is 2.94. The molecule has 1 aliphatic rings. The summed E-state index contributed by atoms with van der Waals surface area (Å²) in [4.78, 5) is 13.6. The number of furan rings is 1. The first kappa shape index (κ1) is 17.4. The number of carbonyl (C=O) groups is 1. The van der Waals surface area contributed by atoms with Crippen molar-refractivity contribution in [1.82, 2.24) is 4.90 Å². The molecule has 0 spiro atoms. The van der Waals surface area contributed by atoms with Gasteiger partial charge in [0.15, 0.2) is 6.79 Å². The Morgan fingerprint density at radius 1 is 1.32 bits per heavy atom. The Morgan fingerprint density at radius 2 is 2.12 bits per heavy atom. The van der Waals surface area contributed by atoms with E-state index in [9.17, 15) is 9.18 Å². The number of benzene rings is 1. The van der Waals surface area contributed by atoms with Gasteiger partial charge < -0.3 is 18.6 Å². The van der Waals surface area contributed by atoms with Gasteiger partial charge in [-0.15, -0.1) is 0 Å². The van der Waals surface area contributed by atoms with Crippen molar-refractivity contribution in [2.24, 2.45) is 0 Å². The summed E-state index contributed by atoms with van der Waals surface area (Å²) in [7, 11) is 3.21. The van der Waals surface area contributed by atoms with Crippen molar-refractivity contribution in [3.8, 4) is 5.75 Å². The molecule has 25 heavy (non-hydrogen) atoms. The predicted molar refractivity (Wildman–Crippen MR) is 86.6 cm³/mol. The number of halogens is 1. The highest BCUT2D eigenvalue weighted by molar-refractivity contribution is 5.90. The molecule has 0 fully saturated rings. The third kappa shape index (κ3) is 3.83. The van der Waals surface area contributed by atoms with Crippen LogP contribution in [0.15, 0.2) is 22.6 Å². The molecule has 2 heterocycles. The highest BCUT2D eigenvalue weighted by atomic mass is 19.1. The van der Waals surface area contributed by atoms with Crippen LogP contribution in [0, 0.1) is 12.7 Å². The molecule has 3 rings (SSSR count). The van der Waals surface area contributed by atoms with Gasteiger partial charge in [0.25, 0.3) is 0 Å². The SMILES string of the molecule is COC(=O)c1cc(CN(C)Cc2cc(F)cc3c2OCOC3)oc1C. The molecule has 0 radical (unpaired) electrons. The summed E-state index contributed by atoms with van der Waals surface area (Å²) in [6, 6.07) is 4.56. The standard InChI is InChI=1S/C18H20FNO5/c1-11-16(18(21)22-3)6-15(25-11)8-20(2)7-12-4-14(19)5-13-9-23-10-24-17(12)13/h4-6H,7-10H2,1-3H3. The number of methoxy groups -OCH3 is 1. The number of hydrogen-bond donors (Lipinski definition) is 0. The van der Waals surface area contributed by atoms with Gasteiger partial charge in [0.2, 0.25) is 0 Å². The molecule has 1 aromatic heterocycles. The summed E-state index contributed by atoms with van der Waals surface area (Å²) in [5.41, 5.74) is 1.86. The Bertz CT molecular complexity index is 786. The lowest BCUT2D eigenvalue weighted by Crippen LogP contribution is -2.20. The third-order valence-electron chi connectivity index (χ3n) is 3.99. The fourth-order valence-corrected chi connectivity index (χ4v) is 2.92. The third-order valence-corrected chi connectivity index (χ3v) is 3.99. The van der Waals surface area contributed by atoms with Crippen molar-refractivity contribution < 1.29 is 27.8 Å². The van der Waals surface area contributed by atoms with E-state index in [-0.39, 0.29) is 12.6 Å². The summed E-state index contributed by atoms with van der Waals surface area (Å²) < 4.78 is 34.9. The Hall–Kier alpha value is -2.38. The van der Waals surface area contributed by atoms with E-state index in [1.165, 1.54) is 19.2 Å². The van der Waals surface area contributed by atoms with Crippen LogP contribution in [0.25, 0.3) is 0 Å². The van der Waals surface area contributed by atoms with Crippen LogP contribution in [0.3, 0.4) is 0 Å². The van der Waals surface area contributed by atoms with Gasteiger partial charge in [0, 0.05) is 17.7 Å². The second-order valence-corrected chi connectivity index (χ2v) is 6.01. The summed E-state index contributed by atoms with van der Waals surface area (Å²) >= 11 is 0. The molecule has 0 bridgehead atoms. The summed E-state index contributed by atoms with van der Waals surface area (Å²) in [6.45, 7) is 3.14. The molecule has 134 valence electrons. The lowest BCUT2D eigenvalue weighted by molar-refractivity contribution is -0.0176. The van der Waals surface area contributed by atoms with E-state index in [2.05, 4.69) is 0 Å². The van der Waals surface area contributed by atoms with Crippen molar-refractivity contribution in [2.45, 2.75) is 26.6 Å². The number of hydrogen-bond acceptors (Lipinski definition) is 6. The molecule has 0 N–H and O–H groups in total. The van der Waals surface area contributed by atoms with Crippen molar-refractivity contribution in [3.05, 3.63) is 52.2 Å². The minimum atomic E-state index is -0.428. The van der Waals surface area contributed by atoms with E-state index in [0.29, 0.717) is 48.1 Å². The monoisotopic (exact) mass is 349 g/mol. The van der Waals surface area contributed by atoms with E-state index in [1.807, 2.05) is 11.9 Å². The molecule has 7 heteroatoms. The number of esters is 1. The molecule has 2 aromatic rings. The minimum absolute atomic E-state index is 0.162. The topological polar surface area (TPSA) is 61.1 Å². The Labute approximate surface area is 145 Å². The zero-order chi connectivity index (χ0) is 18.0. The van der Waals surface area contributed by atoms with Crippen molar-refractivity contribution in [3.63, 3.8) is 0 Å². The van der Waals surface area contributed by atoms with E-state index >= 15 is 0 Å². The second-order valence-electron chi connectivity index (χ2n) is 6.01. The Kier molecular flexibility index (Phi) is 5.06. The fraction of sp³-hybridized carbons (Fsp3) is 0.389. The van der Waals surface area contributed by atoms with E-state index in [4.69, 9.17) is 18.6 Å². The normalized spacial score (nSPS) is 13.5. The summed E-state index contributed by atoms with van der Waals surface area (Å²) in [5, 5.41) is 0. The molecule has 0 atom stereocenters. The van der Waals surface area contributed by atoms with Crippen LogP contribution in [0.2, 0.25) is 0 Å². The van der Waals surface area contributed by atoms with Crippen LogP contribution in [-0.4, -0.2) is 31.8 Å². The number of aryl methyl sites for hydroxylation is 1. The number of ether oxygens (including phenoxy) is 3. The zero-order valence-corrected chi connectivity index (χ0v) is 14.4. The van der Waals surface area contributed by atoms with Gasteiger partial charge >= 0.3 is 5.97 Å². The first-order valence-electron chi connectivity index (χ1n) is 7.86. The molecule has 0 saturated carbocycles. The smallest absolute Gasteiger partial charge is 0.341 e. The van der Waals surface area contributed by atoms with Gasteiger partial charge in [0.1, 0.15) is 28.7 Å².